The molecule has 1 saturated heterocycles. The summed E-state index contributed by atoms with van der Waals surface area (Å²) in [5, 5.41) is 4.83. The molecule has 1 N–H and O–H groups in total. The van der Waals surface area contributed by atoms with Gasteiger partial charge in [0.05, 0.1) is 10.7 Å². The summed E-state index contributed by atoms with van der Waals surface area (Å²) in [7, 11) is 0. The van der Waals surface area contributed by atoms with Crippen molar-refractivity contribution in [2.75, 3.05) is 36.0 Å². The highest BCUT2D eigenvalue weighted by molar-refractivity contribution is 7.98. The van der Waals surface area contributed by atoms with Crippen molar-refractivity contribution >= 4 is 52.4 Å². The molecule has 2 heterocycles. The fourth-order valence-electron chi connectivity index (χ4n) is 3.81. The quantitative estimate of drug-likeness (QED) is 0.221. The molecule has 1 fully saturated rings. The normalized spacial score (nSPS) is 14.6. The summed E-state index contributed by atoms with van der Waals surface area (Å²) in [6, 6.07) is 17.6. The molecule has 0 spiro atoms. The molecular formula is C26H29Cl2N5OS. The molecule has 1 aromatic heterocycles. The first kappa shape index (κ1) is 25.6. The summed E-state index contributed by atoms with van der Waals surface area (Å²) in [5.74, 6) is 1.48. The Bertz CT molecular complexity index is 1150. The number of para-hydroxylation sites is 1. The zero-order valence-corrected chi connectivity index (χ0v) is 22.2. The first-order chi connectivity index (χ1) is 16.9. The number of hydrogen-bond donors (Lipinski definition) is 1. The number of carbonyl (C=O) groups is 1. The molecule has 1 atom stereocenters. The molecule has 9 heteroatoms. The molecule has 1 amide bonds. The molecule has 6 nitrogen and oxygen atoms in total. The van der Waals surface area contributed by atoms with E-state index in [-0.39, 0.29) is 11.9 Å². The van der Waals surface area contributed by atoms with Gasteiger partial charge >= 0.3 is 0 Å². The van der Waals surface area contributed by atoms with Crippen molar-refractivity contribution in [1.82, 2.24) is 15.3 Å². The third-order valence-corrected chi connectivity index (χ3v) is 7.46. The van der Waals surface area contributed by atoms with Gasteiger partial charge < -0.3 is 15.1 Å². The van der Waals surface area contributed by atoms with Crippen molar-refractivity contribution in [2.24, 2.45) is 0 Å². The molecule has 184 valence electrons. The third kappa shape index (κ3) is 6.81. The fraction of sp³-hybridized carbons (Fsp3) is 0.346. The molecule has 0 aliphatic carbocycles. The summed E-state index contributed by atoms with van der Waals surface area (Å²) in [5.41, 5.74) is 2.82. The van der Waals surface area contributed by atoms with E-state index in [9.17, 15) is 4.79 Å². The standard InChI is InChI=1S/C26H29Cl2N5OS/c1-3-18(2)29-25(34)20-10-8-19(9-11-20)17-35-26-30-23(28)16-24(31-26)33-14-12-32(13-15-33)22-7-5-4-6-21(22)27/h4-11,16,18H,3,12-15,17H2,1-2H3,(H,29,34). The van der Waals surface area contributed by atoms with Crippen LogP contribution in [0.1, 0.15) is 36.2 Å². The van der Waals surface area contributed by atoms with Gasteiger partial charge in [-0.05, 0) is 43.2 Å². The first-order valence-corrected chi connectivity index (χ1v) is 13.5. The van der Waals surface area contributed by atoms with Gasteiger partial charge in [-0.2, -0.15) is 0 Å². The van der Waals surface area contributed by atoms with Crippen LogP contribution in [-0.2, 0) is 5.75 Å². The molecule has 2 aromatic carbocycles. The van der Waals surface area contributed by atoms with Gasteiger partial charge in [0.1, 0.15) is 11.0 Å². The molecule has 0 radical (unpaired) electrons. The Morgan fingerprint density at radius 1 is 1.03 bits per heavy atom. The highest BCUT2D eigenvalue weighted by Crippen LogP contribution is 2.28. The second-order valence-corrected chi connectivity index (χ2v) is 10.3. The number of thioether (sulfide) groups is 1. The smallest absolute Gasteiger partial charge is 0.251 e. The molecule has 1 aliphatic rings. The van der Waals surface area contributed by atoms with Crippen molar-refractivity contribution in [3.8, 4) is 0 Å². The maximum absolute atomic E-state index is 12.3. The van der Waals surface area contributed by atoms with Crippen LogP contribution in [-0.4, -0.2) is 48.1 Å². The monoisotopic (exact) mass is 529 g/mol. The number of nitrogens with one attached hydrogen (secondary N) is 1. The lowest BCUT2D eigenvalue weighted by Crippen LogP contribution is -2.47. The van der Waals surface area contributed by atoms with Crippen LogP contribution in [0.2, 0.25) is 10.2 Å². The van der Waals surface area contributed by atoms with Gasteiger partial charge in [-0.15, -0.1) is 0 Å². The first-order valence-electron chi connectivity index (χ1n) is 11.7. The van der Waals surface area contributed by atoms with Crippen molar-refractivity contribution in [3.05, 3.63) is 75.9 Å². The molecule has 0 saturated carbocycles. The van der Waals surface area contributed by atoms with Crippen molar-refractivity contribution in [2.45, 2.75) is 37.2 Å². The highest BCUT2D eigenvalue weighted by atomic mass is 35.5. The van der Waals surface area contributed by atoms with Crippen molar-refractivity contribution in [1.29, 1.82) is 0 Å². The van der Waals surface area contributed by atoms with E-state index < -0.39 is 0 Å². The predicted octanol–water partition coefficient (Wildman–Crippen LogP) is 5.93. The number of benzene rings is 2. The third-order valence-electron chi connectivity index (χ3n) is 6.03. The van der Waals surface area contributed by atoms with Gasteiger partial charge in [-0.3, -0.25) is 4.79 Å². The largest absolute Gasteiger partial charge is 0.367 e. The fourth-order valence-corrected chi connectivity index (χ4v) is 5.10. The van der Waals surface area contributed by atoms with Gasteiger partial charge in [0.2, 0.25) is 0 Å². The Morgan fingerprint density at radius 3 is 2.40 bits per heavy atom. The Balaban J connectivity index is 1.35. The molecular weight excluding hydrogens is 501 g/mol. The molecule has 4 rings (SSSR count). The van der Waals surface area contributed by atoms with Crippen LogP contribution in [0.5, 0.6) is 0 Å². The van der Waals surface area contributed by atoms with Gasteiger partial charge in [-0.1, -0.05) is 66.2 Å². The summed E-state index contributed by atoms with van der Waals surface area (Å²) < 4.78 is 0. The lowest BCUT2D eigenvalue weighted by molar-refractivity contribution is 0.0939. The Morgan fingerprint density at radius 2 is 1.71 bits per heavy atom. The van der Waals surface area contributed by atoms with E-state index in [2.05, 4.69) is 33.1 Å². The number of carbonyl (C=O) groups excluding carboxylic acids is 1. The zero-order valence-electron chi connectivity index (χ0n) is 19.9. The lowest BCUT2D eigenvalue weighted by Gasteiger charge is -2.37. The number of nitrogens with zero attached hydrogens (tertiary/aromatic N) is 4. The van der Waals surface area contributed by atoms with Crippen LogP contribution in [0.25, 0.3) is 0 Å². The second-order valence-electron chi connectivity index (χ2n) is 8.53. The number of anilines is 2. The topological polar surface area (TPSA) is 61.4 Å². The van der Waals surface area contributed by atoms with E-state index in [1.54, 1.807) is 0 Å². The minimum atomic E-state index is -0.0454. The van der Waals surface area contributed by atoms with Crippen LogP contribution in [0.15, 0.2) is 59.8 Å². The molecule has 3 aromatic rings. The second kappa shape index (κ2) is 12.0. The SMILES string of the molecule is CCC(C)NC(=O)c1ccc(CSc2nc(Cl)cc(N3CCN(c4ccccc4Cl)CC3)n2)cc1. The van der Waals surface area contributed by atoms with E-state index in [1.807, 2.05) is 55.5 Å². The summed E-state index contributed by atoms with van der Waals surface area (Å²) in [6.45, 7) is 7.40. The number of hydrogen-bond acceptors (Lipinski definition) is 6. The van der Waals surface area contributed by atoms with E-state index in [0.29, 0.717) is 21.6 Å². The maximum atomic E-state index is 12.3. The number of aromatic nitrogens is 2. The minimum Gasteiger partial charge on any atom is -0.367 e. The highest BCUT2D eigenvalue weighted by Gasteiger charge is 2.21. The number of amides is 1. The molecule has 1 aliphatic heterocycles. The average Bonchev–Trinajstić information content (AvgIpc) is 2.88. The van der Waals surface area contributed by atoms with E-state index in [4.69, 9.17) is 28.2 Å². The number of piperazine rings is 1. The Kier molecular flexibility index (Phi) is 8.76. The predicted molar refractivity (Wildman–Crippen MR) is 146 cm³/mol. The van der Waals surface area contributed by atoms with Crippen LogP contribution >= 0.6 is 35.0 Å². The van der Waals surface area contributed by atoms with Crippen LogP contribution in [0.3, 0.4) is 0 Å². The molecule has 1 unspecified atom stereocenters. The zero-order chi connectivity index (χ0) is 24.8. The Labute approximate surface area is 221 Å². The summed E-state index contributed by atoms with van der Waals surface area (Å²) in [6.07, 6.45) is 0.902. The molecule has 35 heavy (non-hydrogen) atoms. The van der Waals surface area contributed by atoms with Crippen molar-refractivity contribution < 1.29 is 4.79 Å². The van der Waals surface area contributed by atoms with E-state index in [0.717, 1.165) is 54.7 Å². The molecule has 0 bridgehead atoms. The van der Waals surface area contributed by atoms with E-state index in [1.165, 1.54) is 11.8 Å². The van der Waals surface area contributed by atoms with Gasteiger partial charge in [0.15, 0.2) is 5.16 Å². The van der Waals surface area contributed by atoms with Crippen LogP contribution in [0.4, 0.5) is 11.5 Å². The van der Waals surface area contributed by atoms with E-state index >= 15 is 0 Å². The lowest BCUT2D eigenvalue weighted by atomic mass is 10.1. The maximum Gasteiger partial charge on any atom is 0.251 e. The number of halogens is 2. The van der Waals surface area contributed by atoms with Gasteiger partial charge in [0.25, 0.3) is 5.91 Å². The van der Waals surface area contributed by atoms with Gasteiger partial charge in [-0.25, -0.2) is 9.97 Å². The average molecular weight is 531 g/mol. The summed E-state index contributed by atoms with van der Waals surface area (Å²) >= 11 is 14.2. The van der Waals surface area contributed by atoms with Crippen LogP contribution in [0, 0.1) is 0 Å². The van der Waals surface area contributed by atoms with Crippen molar-refractivity contribution in [3.63, 3.8) is 0 Å². The van der Waals surface area contributed by atoms with Gasteiger partial charge in [0, 0.05) is 49.6 Å². The minimum absolute atomic E-state index is 0.0454. The number of rotatable bonds is 8. The van der Waals surface area contributed by atoms with Crippen LogP contribution < -0.4 is 15.1 Å². The Hall–Kier alpha value is -2.48. The summed E-state index contributed by atoms with van der Waals surface area (Å²) in [4.78, 5) is 26.0.